The minimum absolute atomic E-state index is 0.0880. The first-order chi connectivity index (χ1) is 17.2. The van der Waals surface area contributed by atoms with E-state index in [1.165, 1.54) is 9.47 Å². The number of hydrogen-bond donors (Lipinski definition) is 2. The van der Waals surface area contributed by atoms with Crippen LogP contribution in [0.15, 0.2) is 39.9 Å². The zero-order valence-corrected chi connectivity index (χ0v) is 21.3. The van der Waals surface area contributed by atoms with E-state index in [4.69, 9.17) is 0 Å². The molecule has 1 fully saturated rings. The number of carbonyl (C=O) groups is 2. The number of pyridine rings is 1. The molecule has 36 heavy (non-hydrogen) atoms. The molecule has 2 heterocycles. The Labute approximate surface area is 209 Å². The van der Waals surface area contributed by atoms with Gasteiger partial charge < -0.3 is 10.2 Å². The number of aromatic nitrogens is 3. The van der Waals surface area contributed by atoms with Crippen molar-refractivity contribution in [1.82, 2.24) is 19.4 Å². The van der Waals surface area contributed by atoms with Crippen LogP contribution in [0.4, 0.5) is 5.69 Å². The fraction of sp³-hybridized carbons (Fsp3) is 0.444. The predicted molar refractivity (Wildman–Crippen MR) is 139 cm³/mol. The molecule has 0 bridgehead atoms. The van der Waals surface area contributed by atoms with Crippen molar-refractivity contribution in [3.05, 3.63) is 68.0 Å². The number of H-pyrrole nitrogens is 1. The van der Waals surface area contributed by atoms with E-state index < -0.39 is 17.2 Å². The van der Waals surface area contributed by atoms with Crippen LogP contribution in [-0.4, -0.2) is 44.3 Å². The van der Waals surface area contributed by atoms with E-state index in [0.29, 0.717) is 30.9 Å². The van der Waals surface area contributed by atoms with Crippen LogP contribution in [0.2, 0.25) is 0 Å². The standard InChI is InChI=1S/C27H33N5O4/c1-5-12-31(15-22(33)28-20-9-7-6-8-17(20)4)26(35)19-13-21(18-10-11-18)29-24-23(19)25(34)30-27(36)32(24)14-16(2)3/h6-9,13,16,18H,5,10-12,14-15H2,1-4H3,(H,28,33)(H,30,34,36). The maximum absolute atomic E-state index is 13.8. The van der Waals surface area contributed by atoms with Crippen LogP contribution in [0.1, 0.15) is 67.6 Å². The van der Waals surface area contributed by atoms with Gasteiger partial charge in [-0.05, 0) is 49.8 Å². The molecule has 2 amide bonds. The highest BCUT2D eigenvalue weighted by Gasteiger charge is 2.30. The minimum Gasteiger partial charge on any atom is -0.329 e. The lowest BCUT2D eigenvalue weighted by Crippen LogP contribution is -2.40. The maximum Gasteiger partial charge on any atom is 0.330 e. The van der Waals surface area contributed by atoms with Gasteiger partial charge in [-0.25, -0.2) is 9.78 Å². The van der Waals surface area contributed by atoms with E-state index in [0.717, 1.165) is 18.4 Å². The van der Waals surface area contributed by atoms with Crippen molar-refractivity contribution < 1.29 is 9.59 Å². The van der Waals surface area contributed by atoms with Gasteiger partial charge in [-0.3, -0.25) is 23.9 Å². The molecule has 1 aromatic carbocycles. The number of benzene rings is 1. The van der Waals surface area contributed by atoms with Crippen LogP contribution in [-0.2, 0) is 11.3 Å². The maximum atomic E-state index is 13.8. The second kappa shape index (κ2) is 10.5. The van der Waals surface area contributed by atoms with Crippen LogP contribution in [0.5, 0.6) is 0 Å². The highest BCUT2D eigenvalue weighted by molar-refractivity contribution is 6.07. The monoisotopic (exact) mass is 491 g/mol. The molecule has 1 saturated carbocycles. The summed E-state index contributed by atoms with van der Waals surface area (Å²) in [4.78, 5) is 60.9. The number of carbonyl (C=O) groups excluding carboxylic acids is 2. The molecular formula is C27H33N5O4. The highest BCUT2D eigenvalue weighted by Crippen LogP contribution is 2.40. The number of hydrogen-bond acceptors (Lipinski definition) is 5. The average Bonchev–Trinajstić information content (AvgIpc) is 3.67. The summed E-state index contributed by atoms with van der Waals surface area (Å²) in [7, 11) is 0. The summed E-state index contributed by atoms with van der Waals surface area (Å²) < 4.78 is 1.44. The third-order valence-corrected chi connectivity index (χ3v) is 6.28. The first kappa shape index (κ1) is 25.3. The average molecular weight is 492 g/mol. The first-order valence-corrected chi connectivity index (χ1v) is 12.5. The quantitative estimate of drug-likeness (QED) is 0.476. The van der Waals surface area contributed by atoms with E-state index in [2.05, 4.69) is 15.3 Å². The molecular weight excluding hydrogens is 458 g/mol. The Morgan fingerprint density at radius 3 is 2.58 bits per heavy atom. The molecule has 2 aromatic heterocycles. The van der Waals surface area contributed by atoms with Gasteiger partial charge >= 0.3 is 5.69 Å². The Morgan fingerprint density at radius 2 is 1.94 bits per heavy atom. The number of para-hydroxylation sites is 1. The molecule has 4 rings (SSSR count). The van der Waals surface area contributed by atoms with Gasteiger partial charge in [0.05, 0.1) is 10.9 Å². The van der Waals surface area contributed by atoms with E-state index in [9.17, 15) is 19.2 Å². The summed E-state index contributed by atoms with van der Waals surface area (Å²) in [5.74, 6) is -0.417. The van der Waals surface area contributed by atoms with Gasteiger partial charge in [0, 0.05) is 30.4 Å². The number of anilines is 1. The SMILES string of the molecule is CCCN(CC(=O)Nc1ccccc1C)C(=O)c1cc(C2CC2)nc2c1c(=O)[nH]c(=O)n2CC(C)C. The Balaban J connectivity index is 1.76. The molecule has 1 aliphatic rings. The third kappa shape index (κ3) is 5.40. The van der Waals surface area contributed by atoms with Crippen LogP contribution in [0, 0.1) is 12.8 Å². The normalized spacial score (nSPS) is 13.2. The lowest BCUT2D eigenvalue weighted by molar-refractivity contribution is -0.116. The summed E-state index contributed by atoms with van der Waals surface area (Å²) in [6.07, 6.45) is 2.53. The topological polar surface area (TPSA) is 117 Å². The molecule has 0 aliphatic heterocycles. The predicted octanol–water partition coefficient (Wildman–Crippen LogP) is 3.42. The van der Waals surface area contributed by atoms with E-state index in [1.54, 1.807) is 6.07 Å². The van der Waals surface area contributed by atoms with Gasteiger partial charge in [0.2, 0.25) is 5.91 Å². The van der Waals surface area contributed by atoms with E-state index >= 15 is 0 Å². The van der Waals surface area contributed by atoms with Gasteiger partial charge in [-0.15, -0.1) is 0 Å². The van der Waals surface area contributed by atoms with Crippen molar-refractivity contribution in [3.8, 4) is 0 Å². The van der Waals surface area contributed by atoms with Crippen molar-refractivity contribution in [2.45, 2.75) is 59.4 Å². The van der Waals surface area contributed by atoms with Crippen LogP contribution in [0.25, 0.3) is 11.0 Å². The summed E-state index contributed by atoms with van der Waals surface area (Å²) in [5.41, 5.74) is 1.53. The second-order valence-electron chi connectivity index (χ2n) is 9.92. The van der Waals surface area contributed by atoms with Crippen molar-refractivity contribution in [1.29, 1.82) is 0 Å². The van der Waals surface area contributed by atoms with Gasteiger partial charge in [-0.2, -0.15) is 0 Å². The first-order valence-electron chi connectivity index (χ1n) is 12.5. The van der Waals surface area contributed by atoms with Crippen LogP contribution >= 0.6 is 0 Å². The summed E-state index contributed by atoms with van der Waals surface area (Å²) in [5, 5.41) is 2.96. The Morgan fingerprint density at radius 1 is 1.22 bits per heavy atom. The fourth-order valence-corrected chi connectivity index (χ4v) is 4.35. The molecule has 0 spiro atoms. The largest absolute Gasteiger partial charge is 0.330 e. The van der Waals surface area contributed by atoms with Gasteiger partial charge in [-0.1, -0.05) is 39.0 Å². The summed E-state index contributed by atoms with van der Waals surface area (Å²) >= 11 is 0. The van der Waals surface area contributed by atoms with Crippen molar-refractivity contribution in [2.75, 3.05) is 18.4 Å². The van der Waals surface area contributed by atoms with Crippen LogP contribution in [0.3, 0.4) is 0 Å². The number of nitrogens with zero attached hydrogens (tertiary/aromatic N) is 3. The molecule has 190 valence electrons. The Bertz CT molecular complexity index is 1420. The minimum atomic E-state index is -0.644. The molecule has 9 heteroatoms. The van der Waals surface area contributed by atoms with Crippen molar-refractivity contribution in [2.24, 2.45) is 5.92 Å². The van der Waals surface area contributed by atoms with Gasteiger partial charge in [0.25, 0.3) is 11.5 Å². The smallest absolute Gasteiger partial charge is 0.329 e. The van der Waals surface area contributed by atoms with Gasteiger partial charge in [0.15, 0.2) is 5.65 Å². The molecule has 9 nitrogen and oxygen atoms in total. The fourth-order valence-electron chi connectivity index (χ4n) is 4.35. The zero-order chi connectivity index (χ0) is 26.0. The Kier molecular flexibility index (Phi) is 7.37. The zero-order valence-electron chi connectivity index (χ0n) is 21.3. The molecule has 2 N–H and O–H groups in total. The highest BCUT2D eigenvalue weighted by atomic mass is 16.2. The lowest BCUT2D eigenvalue weighted by atomic mass is 10.1. The Hall–Kier alpha value is -3.75. The number of amides is 2. The molecule has 0 unspecified atom stereocenters. The summed E-state index contributed by atoms with van der Waals surface area (Å²) in [6, 6.07) is 9.11. The van der Waals surface area contributed by atoms with Crippen LogP contribution < -0.4 is 16.6 Å². The number of aromatic amines is 1. The number of fused-ring (bicyclic) bond motifs is 1. The second-order valence-corrected chi connectivity index (χ2v) is 9.92. The van der Waals surface area contributed by atoms with Crippen molar-refractivity contribution in [3.63, 3.8) is 0 Å². The van der Waals surface area contributed by atoms with Crippen molar-refractivity contribution >= 4 is 28.5 Å². The summed E-state index contributed by atoms with van der Waals surface area (Å²) in [6.45, 7) is 8.30. The molecule has 0 saturated heterocycles. The lowest BCUT2D eigenvalue weighted by Gasteiger charge is -2.23. The molecule has 0 atom stereocenters. The third-order valence-electron chi connectivity index (χ3n) is 6.28. The van der Waals surface area contributed by atoms with Gasteiger partial charge in [0.1, 0.15) is 6.54 Å². The van der Waals surface area contributed by atoms with E-state index in [-0.39, 0.29) is 40.9 Å². The number of nitrogens with one attached hydrogen (secondary N) is 2. The van der Waals surface area contributed by atoms with E-state index in [1.807, 2.05) is 52.0 Å². The molecule has 3 aromatic rings. The molecule has 0 radical (unpaired) electrons. The number of rotatable bonds is 9. The molecule has 1 aliphatic carbocycles. The number of aryl methyl sites for hydroxylation is 1.